The minimum Gasteiger partial charge on any atom is -0.484 e. The molecule has 1 fully saturated rings. The highest BCUT2D eigenvalue weighted by Crippen LogP contribution is 2.33. The van der Waals surface area contributed by atoms with E-state index in [2.05, 4.69) is 0 Å². The van der Waals surface area contributed by atoms with E-state index >= 15 is 0 Å². The van der Waals surface area contributed by atoms with Gasteiger partial charge >= 0.3 is 6.18 Å². The van der Waals surface area contributed by atoms with E-state index in [0.717, 1.165) is 30.5 Å². The van der Waals surface area contributed by atoms with Crippen molar-refractivity contribution in [1.82, 2.24) is 4.90 Å². The molecule has 2 aromatic carbocycles. The fraction of sp³-hybridized carbons (Fsp3) is 0.316. The molecule has 2 aromatic rings. The number of nitrogens with zero attached hydrogens (tertiary/aromatic N) is 1. The molecule has 1 atom stereocenters. The van der Waals surface area contributed by atoms with Crippen LogP contribution in [0.15, 0.2) is 54.6 Å². The van der Waals surface area contributed by atoms with Gasteiger partial charge in [-0.2, -0.15) is 13.2 Å². The third kappa shape index (κ3) is 4.13. The van der Waals surface area contributed by atoms with Crippen LogP contribution >= 0.6 is 0 Å². The number of hydrogen-bond donors (Lipinski definition) is 0. The maximum absolute atomic E-state index is 12.7. The van der Waals surface area contributed by atoms with Crippen molar-refractivity contribution in [2.75, 3.05) is 13.2 Å². The SMILES string of the molecule is O=C(COc1cccc(C(F)(F)F)c1)N1CCCC1c1ccccc1. The summed E-state index contributed by atoms with van der Waals surface area (Å²) in [4.78, 5) is 14.2. The average molecular weight is 349 g/mol. The zero-order valence-electron chi connectivity index (χ0n) is 13.5. The van der Waals surface area contributed by atoms with Gasteiger partial charge < -0.3 is 9.64 Å². The third-order valence-electron chi connectivity index (χ3n) is 4.28. The van der Waals surface area contributed by atoms with Gasteiger partial charge in [0, 0.05) is 6.54 Å². The van der Waals surface area contributed by atoms with Gasteiger partial charge in [-0.15, -0.1) is 0 Å². The highest BCUT2D eigenvalue weighted by atomic mass is 19.4. The van der Waals surface area contributed by atoms with E-state index in [4.69, 9.17) is 4.74 Å². The standard InChI is InChI=1S/C19H18F3NO2/c20-19(21,22)15-8-4-9-16(12-15)25-13-18(24)23-11-5-10-17(23)14-6-2-1-3-7-14/h1-4,6-9,12,17H,5,10-11,13H2. The number of halogens is 3. The summed E-state index contributed by atoms with van der Waals surface area (Å²) >= 11 is 0. The van der Waals surface area contributed by atoms with Crippen LogP contribution < -0.4 is 4.74 Å². The lowest BCUT2D eigenvalue weighted by atomic mass is 10.0. The quantitative estimate of drug-likeness (QED) is 0.816. The molecule has 0 aliphatic carbocycles. The summed E-state index contributed by atoms with van der Waals surface area (Å²) in [6.07, 6.45) is -2.66. The van der Waals surface area contributed by atoms with Crippen molar-refractivity contribution in [1.29, 1.82) is 0 Å². The van der Waals surface area contributed by atoms with Crippen LogP contribution in [0.5, 0.6) is 5.75 Å². The fourth-order valence-electron chi connectivity index (χ4n) is 3.08. The predicted molar refractivity (Wildman–Crippen MR) is 87.1 cm³/mol. The first-order chi connectivity index (χ1) is 11.9. The van der Waals surface area contributed by atoms with Gasteiger partial charge in [0.1, 0.15) is 5.75 Å². The van der Waals surface area contributed by atoms with Gasteiger partial charge in [-0.05, 0) is 36.6 Å². The number of likely N-dealkylation sites (tertiary alicyclic amines) is 1. The van der Waals surface area contributed by atoms with Crippen molar-refractivity contribution >= 4 is 5.91 Å². The highest BCUT2D eigenvalue weighted by Gasteiger charge is 2.31. The van der Waals surface area contributed by atoms with Crippen molar-refractivity contribution in [3.8, 4) is 5.75 Å². The minimum absolute atomic E-state index is 0.00110. The molecule has 25 heavy (non-hydrogen) atoms. The van der Waals surface area contributed by atoms with Crippen LogP contribution in [0.3, 0.4) is 0 Å². The second kappa shape index (κ2) is 7.17. The molecular formula is C19H18F3NO2. The summed E-state index contributed by atoms with van der Waals surface area (Å²) in [6.45, 7) is 0.356. The smallest absolute Gasteiger partial charge is 0.416 e. The molecule has 6 heteroatoms. The predicted octanol–water partition coefficient (Wildman–Crippen LogP) is 4.45. The molecule has 0 aromatic heterocycles. The number of alkyl halides is 3. The summed E-state index contributed by atoms with van der Waals surface area (Å²) in [6, 6.07) is 14.3. The number of carbonyl (C=O) groups excluding carboxylic acids is 1. The Labute approximate surface area is 144 Å². The Morgan fingerprint density at radius 2 is 1.88 bits per heavy atom. The van der Waals surface area contributed by atoms with Gasteiger partial charge in [-0.1, -0.05) is 36.4 Å². The maximum atomic E-state index is 12.7. The largest absolute Gasteiger partial charge is 0.484 e. The Bertz CT molecular complexity index is 731. The second-order valence-electron chi connectivity index (χ2n) is 5.97. The van der Waals surface area contributed by atoms with E-state index < -0.39 is 11.7 Å². The van der Waals surface area contributed by atoms with Gasteiger partial charge in [-0.25, -0.2) is 0 Å². The Balaban J connectivity index is 1.65. The summed E-state index contributed by atoms with van der Waals surface area (Å²) < 4.78 is 43.5. The van der Waals surface area contributed by atoms with Gasteiger partial charge in [0.25, 0.3) is 5.91 Å². The van der Waals surface area contributed by atoms with Crippen LogP contribution in [-0.2, 0) is 11.0 Å². The molecule has 132 valence electrons. The zero-order valence-corrected chi connectivity index (χ0v) is 13.5. The van der Waals surface area contributed by atoms with Crippen molar-refractivity contribution in [2.45, 2.75) is 25.1 Å². The molecule has 1 aliphatic rings. The molecule has 1 saturated heterocycles. The van der Waals surface area contributed by atoms with Crippen LogP contribution in [-0.4, -0.2) is 24.0 Å². The Hall–Kier alpha value is -2.50. The van der Waals surface area contributed by atoms with E-state index in [1.165, 1.54) is 12.1 Å². The van der Waals surface area contributed by atoms with Crippen molar-refractivity contribution in [3.05, 3.63) is 65.7 Å². The molecule has 1 unspecified atom stereocenters. The molecule has 1 aliphatic heterocycles. The van der Waals surface area contributed by atoms with Crippen molar-refractivity contribution in [2.24, 2.45) is 0 Å². The van der Waals surface area contributed by atoms with Gasteiger partial charge in [0.2, 0.25) is 0 Å². The van der Waals surface area contributed by atoms with E-state index in [1.807, 2.05) is 30.3 Å². The molecule has 3 nitrogen and oxygen atoms in total. The topological polar surface area (TPSA) is 29.5 Å². The van der Waals surface area contributed by atoms with Gasteiger partial charge in [0.05, 0.1) is 11.6 Å². The van der Waals surface area contributed by atoms with Crippen LogP contribution in [0.2, 0.25) is 0 Å². The minimum atomic E-state index is -4.43. The first-order valence-electron chi connectivity index (χ1n) is 8.09. The van der Waals surface area contributed by atoms with Crippen LogP contribution in [0.25, 0.3) is 0 Å². The third-order valence-corrected chi connectivity index (χ3v) is 4.28. The molecule has 0 bridgehead atoms. The Morgan fingerprint density at radius 3 is 2.60 bits per heavy atom. The van der Waals surface area contributed by atoms with Crippen LogP contribution in [0.1, 0.15) is 30.0 Å². The average Bonchev–Trinajstić information content (AvgIpc) is 3.10. The van der Waals surface area contributed by atoms with E-state index in [0.29, 0.717) is 6.54 Å². The monoisotopic (exact) mass is 349 g/mol. The summed E-state index contributed by atoms with van der Waals surface area (Å²) in [7, 11) is 0. The number of amides is 1. The Morgan fingerprint density at radius 1 is 1.12 bits per heavy atom. The number of ether oxygens (including phenoxy) is 1. The lowest BCUT2D eigenvalue weighted by molar-refractivity contribution is -0.137. The molecule has 0 radical (unpaired) electrons. The second-order valence-corrected chi connectivity index (χ2v) is 5.97. The molecular weight excluding hydrogens is 331 g/mol. The highest BCUT2D eigenvalue weighted by molar-refractivity contribution is 5.78. The van der Waals surface area contributed by atoms with E-state index in [1.54, 1.807) is 4.90 Å². The van der Waals surface area contributed by atoms with Gasteiger partial charge in [0.15, 0.2) is 6.61 Å². The van der Waals surface area contributed by atoms with Crippen molar-refractivity contribution in [3.63, 3.8) is 0 Å². The normalized spacial score (nSPS) is 17.6. The summed E-state index contributed by atoms with van der Waals surface area (Å²) in [5.74, 6) is -0.178. The molecule has 1 heterocycles. The fourth-order valence-corrected chi connectivity index (χ4v) is 3.08. The summed E-state index contributed by atoms with van der Waals surface area (Å²) in [5.41, 5.74) is 0.271. The first-order valence-corrected chi connectivity index (χ1v) is 8.09. The van der Waals surface area contributed by atoms with E-state index in [9.17, 15) is 18.0 Å². The molecule has 1 amide bonds. The number of rotatable bonds is 4. The van der Waals surface area contributed by atoms with Crippen LogP contribution in [0, 0.1) is 0 Å². The lowest BCUT2D eigenvalue weighted by Crippen LogP contribution is -2.34. The molecule has 0 spiro atoms. The summed E-state index contributed by atoms with van der Waals surface area (Å²) in [5, 5.41) is 0. The Kier molecular flexibility index (Phi) is 4.97. The lowest BCUT2D eigenvalue weighted by Gasteiger charge is -2.25. The first kappa shape index (κ1) is 17.3. The van der Waals surface area contributed by atoms with Crippen molar-refractivity contribution < 1.29 is 22.7 Å². The van der Waals surface area contributed by atoms with Gasteiger partial charge in [-0.3, -0.25) is 4.79 Å². The van der Waals surface area contributed by atoms with Crippen LogP contribution in [0.4, 0.5) is 13.2 Å². The maximum Gasteiger partial charge on any atom is 0.416 e. The number of hydrogen-bond acceptors (Lipinski definition) is 2. The van der Waals surface area contributed by atoms with E-state index in [-0.39, 0.29) is 24.3 Å². The molecule has 0 N–H and O–H groups in total. The zero-order chi connectivity index (χ0) is 17.9. The number of benzene rings is 2. The number of carbonyl (C=O) groups is 1. The molecule has 3 rings (SSSR count). The molecule has 0 saturated carbocycles.